The normalized spacial score (nSPS) is 15.7. The molecule has 0 radical (unpaired) electrons. The second-order valence-electron chi connectivity index (χ2n) is 8.15. The van der Waals surface area contributed by atoms with Gasteiger partial charge in [-0.2, -0.15) is 5.26 Å². The van der Waals surface area contributed by atoms with Gasteiger partial charge in [0.15, 0.2) is 0 Å². The SMILES string of the molecule is COC(=O)[C@@H]1CCCN1C(=O)N(Cc1cccc(C#N)c1)c1sc(CC(C)C)nc1C. The smallest absolute Gasteiger partial charge is 0.328 e. The van der Waals surface area contributed by atoms with E-state index in [1.807, 2.05) is 19.1 Å². The summed E-state index contributed by atoms with van der Waals surface area (Å²) in [6.45, 7) is 6.98. The van der Waals surface area contributed by atoms with Gasteiger partial charge in [-0.1, -0.05) is 26.0 Å². The molecular weight excluding hydrogens is 412 g/mol. The van der Waals surface area contributed by atoms with Gasteiger partial charge in [0.1, 0.15) is 11.0 Å². The van der Waals surface area contributed by atoms with E-state index in [0.29, 0.717) is 31.0 Å². The molecule has 1 saturated heterocycles. The number of nitrogens with zero attached hydrogens (tertiary/aromatic N) is 4. The Morgan fingerprint density at radius 2 is 2.19 bits per heavy atom. The Bertz CT molecular complexity index is 995. The number of aromatic nitrogens is 1. The molecule has 7 nitrogen and oxygen atoms in total. The number of rotatable bonds is 6. The Morgan fingerprint density at radius 1 is 1.42 bits per heavy atom. The summed E-state index contributed by atoms with van der Waals surface area (Å²) in [5, 5.41) is 11.0. The monoisotopic (exact) mass is 440 g/mol. The number of amides is 2. The predicted octanol–water partition coefficient (Wildman–Crippen LogP) is 4.29. The van der Waals surface area contributed by atoms with E-state index in [1.54, 1.807) is 21.9 Å². The highest BCUT2D eigenvalue weighted by molar-refractivity contribution is 7.16. The molecule has 1 atom stereocenters. The van der Waals surface area contributed by atoms with Crippen LogP contribution in [0.1, 0.15) is 48.5 Å². The molecule has 3 rings (SSSR count). The molecule has 0 N–H and O–H groups in total. The summed E-state index contributed by atoms with van der Waals surface area (Å²) in [5.74, 6) is 0.0657. The molecule has 1 aromatic heterocycles. The number of hydrogen-bond donors (Lipinski definition) is 0. The minimum absolute atomic E-state index is 0.238. The minimum Gasteiger partial charge on any atom is -0.467 e. The van der Waals surface area contributed by atoms with E-state index in [-0.39, 0.29) is 12.0 Å². The number of esters is 1. The molecule has 0 bridgehead atoms. The number of ether oxygens (including phenoxy) is 1. The van der Waals surface area contributed by atoms with Crippen LogP contribution < -0.4 is 4.90 Å². The molecule has 1 fully saturated rings. The zero-order chi connectivity index (χ0) is 22.5. The maximum Gasteiger partial charge on any atom is 0.328 e. The molecule has 0 spiro atoms. The average molecular weight is 441 g/mol. The predicted molar refractivity (Wildman–Crippen MR) is 120 cm³/mol. The van der Waals surface area contributed by atoms with E-state index >= 15 is 0 Å². The average Bonchev–Trinajstić information content (AvgIpc) is 3.37. The first kappa shape index (κ1) is 22.8. The van der Waals surface area contributed by atoms with Crippen molar-refractivity contribution in [1.29, 1.82) is 5.26 Å². The number of thiazole rings is 1. The Labute approximate surface area is 187 Å². The Morgan fingerprint density at radius 3 is 2.87 bits per heavy atom. The Hall–Kier alpha value is -2.92. The highest BCUT2D eigenvalue weighted by Gasteiger charge is 2.38. The fraction of sp³-hybridized carbons (Fsp3) is 0.478. The van der Waals surface area contributed by atoms with Crippen molar-refractivity contribution in [3.63, 3.8) is 0 Å². The summed E-state index contributed by atoms with van der Waals surface area (Å²) in [6, 6.07) is 8.57. The number of methoxy groups -OCH3 is 1. The Kier molecular flexibility index (Phi) is 7.29. The van der Waals surface area contributed by atoms with E-state index in [2.05, 4.69) is 24.9 Å². The highest BCUT2D eigenvalue weighted by atomic mass is 32.1. The van der Waals surface area contributed by atoms with Crippen LogP contribution in [0, 0.1) is 24.2 Å². The number of anilines is 1. The second kappa shape index (κ2) is 9.92. The van der Waals surface area contributed by atoms with Crippen LogP contribution in [-0.2, 0) is 22.5 Å². The number of aryl methyl sites for hydroxylation is 1. The van der Waals surface area contributed by atoms with Gasteiger partial charge >= 0.3 is 12.0 Å². The van der Waals surface area contributed by atoms with Crippen LogP contribution in [-0.4, -0.2) is 41.6 Å². The van der Waals surface area contributed by atoms with Crippen molar-refractivity contribution >= 4 is 28.3 Å². The lowest BCUT2D eigenvalue weighted by molar-refractivity contribution is -0.144. The van der Waals surface area contributed by atoms with Gasteiger partial charge in [-0.25, -0.2) is 14.6 Å². The van der Waals surface area contributed by atoms with E-state index in [1.165, 1.54) is 18.4 Å². The van der Waals surface area contributed by atoms with Gasteiger partial charge < -0.3 is 9.64 Å². The summed E-state index contributed by atoms with van der Waals surface area (Å²) in [7, 11) is 1.35. The lowest BCUT2D eigenvalue weighted by Gasteiger charge is -2.30. The maximum absolute atomic E-state index is 13.7. The van der Waals surface area contributed by atoms with E-state index in [4.69, 9.17) is 4.74 Å². The summed E-state index contributed by atoms with van der Waals surface area (Å²) in [6.07, 6.45) is 2.19. The molecule has 2 aromatic rings. The van der Waals surface area contributed by atoms with Crippen LogP contribution in [0.2, 0.25) is 0 Å². The van der Waals surface area contributed by atoms with Gasteiger partial charge in [0.05, 0.1) is 36.0 Å². The van der Waals surface area contributed by atoms with Crippen LogP contribution in [0.5, 0.6) is 0 Å². The van der Waals surface area contributed by atoms with Crippen LogP contribution >= 0.6 is 11.3 Å². The number of carbonyl (C=O) groups excluding carboxylic acids is 2. The quantitative estimate of drug-likeness (QED) is 0.626. The molecule has 1 aliphatic rings. The van der Waals surface area contributed by atoms with Crippen molar-refractivity contribution in [2.24, 2.45) is 5.92 Å². The summed E-state index contributed by atoms with van der Waals surface area (Å²) in [5.41, 5.74) is 2.18. The number of urea groups is 1. The molecule has 164 valence electrons. The summed E-state index contributed by atoms with van der Waals surface area (Å²) in [4.78, 5) is 33.9. The summed E-state index contributed by atoms with van der Waals surface area (Å²) < 4.78 is 4.92. The van der Waals surface area contributed by atoms with Crippen molar-refractivity contribution < 1.29 is 14.3 Å². The van der Waals surface area contributed by atoms with E-state index in [0.717, 1.165) is 34.1 Å². The van der Waals surface area contributed by atoms with Gasteiger partial charge in [-0.3, -0.25) is 4.90 Å². The summed E-state index contributed by atoms with van der Waals surface area (Å²) >= 11 is 1.51. The maximum atomic E-state index is 13.7. The van der Waals surface area contributed by atoms with Crippen LogP contribution in [0.3, 0.4) is 0 Å². The molecule has 0 saturated carbocycles. The van der Waals surface area contributed by atoms with Crippen molar-refractivity contribution in [3.8, 4) is 6.07 Å². The minimum atomic E-state index is -0.575. The zero-order valence-corrected chi connectivity index (χ0v) is 19.2. The second-order valence-corrected chi connectivity index (χ2v) is 9.21. The topological polar surface area (TPSA) is 86.5 Å². The number of nitriles is 1. The lowest BCUT2D eigenvalue weighted by atomic mass is 10.1. The number of carbonyl (C=O) groups is 2. The fourth-order valence-electron chi connectivity index (χ4n) is 3.81. The van der Waals surface area contributed by atoms with Crippen molar-refractivity contribution in [2.75, 3.05) is 18.6 Å². The first-order valence-electron chi connectivity index (χ1n) is 10.4. The molecule has 2 heterocycles. The van der Waals surface area contributed by atoms with Gasteiger partial charge in [-0.05, 0) is 43.4 Å². The third-order valence-electron chi connectivity index (χ3n) is 5.24. The first-order chi connectivity index (χ1) is 14.8. The molecule has 8 heteroatoms. The van der Waals surface area contributed by atoms with Crippen LogP contribution in [0.15, 0.2) is 24.3 Å². The molecule has 31 heavy (non-hydrogen) atoms. The zero-order valence-electron chi connectivity index (χ0n) is 18.4. The third-order valence-corrected chi connectivity index (χ3v) is 6.45. The molecule has 1 aliphatic heterocycles. The van der Waals surface area contributed by atoms with E-state index in [9.17, 15) is 14.9 Å². The van der Waals surface area contributed by atoms with Gasteiger partial charge in [0.2, 0.25) is 0 Å². The van der Waals surface area contributed by atoms with Crippen molar-refractivity contribution in [2.45, 2.75) is 52.6 Å². The van der Waals surface area contributed by atoms with Crippen LogP contribution in [0.25, 0.3) is 0 Å². The number of benzene rings is 1. The molecular formula is C23H28N4O3S. The third kappa shape index (κ3) is 5.23. The number of likely N-dealkylation sites (tertiary alicyclic amines) is 1. The fourth-order valence-corrected chi connectivity index (χ4v) is 5.08. The lowest BCUT2D eigenvalue weighted by Crippen LogP contribution is -2.48. The van der Waals surface area contributed by atoms with E-state index < -0.39 is 6.04 Å². The van der Waals surface area contributed by atoms with Gasteiger partial charge in [0, 0.05) is 13.0 Å². The Balaban J connectivity index is 1.98. The standard InChI is InChI=1S/C23H28N4O3S/c1-15(2)11-20-25-16(3)21(31-20)27(14-18-8-5-7-17(12-18)13-24)23(29)26-10-6-9-19(26)22(28)30-4/h5,7-8,12,15,19H,6,9-11,14H2,1-4H3/t19-/m0/s1. The first-order valence-corrected chi connectivity index (χ1v) is 11.3. The molecule has 2 amide bonds. The number of hydrogen-bond acceptors (Lipinski definition) is 6. The van der Waals surface area contributed by atoms with Gasteiger partial charge in [0.25, 0.3) is 0 Å². The van der Waals surface area contributed by atoms with Crippen LogP contribution in [0.4, 0.5) is 9.80 Å². The van der Waals surface area contributed by atoms with Crippen molar-refractivity contribution in [1.82, 2.24) is 9.88 Å². The molecule has 0 aliphatic carbocycles. The molecule has 0 unspecified atom stereocenters. The van der Waals surface area contributed by atoms with Gasteiger partial charge in [-0.15, -0.1) is 11.3 Å². The highest BCUT2D eigenvalue weighted by Crippen LogP contribution is 2.33. The largest absolute Gasteiger partial charge is 0.467 e. The molecule has 1 aromatic carbocycles. The van der Waals surface area contributed by atoms with Crippen molar-refractivity contribution in [3.05, 3.63) is 46.1 Å².